The smallest absolute Gasteiger partial charge is 0.316 e. The summed E-state index contributed by atoms with van der Waals surface area (Å²) in [6.45, 7) is 0. The van der Waals surface area contributed by atoms with Gasteiger partial charge in [0.25, 0.3) is 0 Å². The number of hydrogen-bond acceptors (Lipinski definition) is 1. The van der Waals surface area contributed by atoms with Crippen LogP contribution in [0.3, 0.4) is 0 Å². The molecule has 1 aromatic carbocycles. The lowest BCUT2D eigenvalue weighted by molar-refractivity contribution is -0.150. The third-order valence-corrected chi connectivity index (χ3v) is 1.71. The number of benzene rings is 1. The largest absolute Gasteiger partial charge is 0.407 e. The van der Waals surface area contributed by atoms with E-state index in [0.717, 1.165) is 0 Å². The summed E-state index contributed by atoms with van der Waals surface area (Å²) < 4.78 is 74.2. The molecule has 1 rings (SSSR count). The topological polar surface area (TPSA) is 26.0 Å². The molecule has 0 aliphatic heterocycles. The van der Waals surface area contributed by atoms with E-state index in [-0.39, 0.29) is 24.5 Å². The van der Waals surface area contributed by atoms with Crippen molar-refractivity contribution in [2.45, 2.75) is 12.2 Å². The van der Waals surface area contributed by atoms with Crippen LogP contribution in [0.1, 0.15) is 11.6 Å². The van der Waals surface area contributed by atoms with E-state index in [2.05, 4.69) is 5.73 Å². The van der Waals surface area contributed by atoms with Crippen LogP contribution in [-0.2, 0) is 0 Å². The molecule has 1 aromatic rings. The highest BCUT2D eigenvalue weighted by Gasteiger charge is 2.41. The fraction of sp³-hybridized carbons (Fsp3) is 0.250. The Kier molecular flexibility index (Phi) is 4.63. The molecule has 0 saturated heterocycles. The van der Waals surface area contributed by atoms with E-state index in [1.807, 2.05) is 0 Å². The van der Waals surface area contributed by atoms with Crippen LogP contribution >= 0.6 is 12.4 Å². The molecule has 92 valence electrons. The molecule has 0 fully saturated rings. The van der Waals surface area contributed by atoms with Crippen molar-refractivity contribution in [1.29, 1.82) is 0 Å². The van der Waals surface area contributed by atoms with Gasteiger partial charge < -0.3 is 5.73 Å². The lowest BCUT2D eigenvalue weighted by atomic mass is 10.1. The predicted octanol–water partition coefficient (Wildman–Crippen LogP) is 3.09. The van der Waals surface area contributed by atoms with E-state index in [9.17, 15) is 26.3 Å². The fourth-order valence-electron chi connectivity index (χ4n) is 1.01. The zero-order valence-corrected chi connectivity index (χ0v) is 8.30. The summed E-state index contributed by atoms with van der Waals surface area (Å²) in [6.07, 6.45) is -4.99. The molecule has 8 heteroatoms. The predicted molar refractivity (Wildman–Crippen MR) is 46.5 cm³/mol. The number of rotatable bonds is 1. The number of alkyl halides is 3. The normalized spacial score (nSPS) is 13.2. The minimum atomic E-state index is -4.99. The van der Waals surface area contributed by atoms with Crippen molar-refractivity contribution in [3.05, 3.63) is 35.1 Å². The maximum Gasteiger partial charge on any atom is 0.407 e. The standard InChI is InChI=1S/C8H5F6N.ClH/c9-3-1-4(10)6(5(11)2-3)7(15)8(12,13)14;/h1-2,7H,15H2;1H. The van der Waals surface area contributed by atoms with Crippen molar-refractivity contribution in [1.82, 2.24) is 0 Å². The van der Waals surface area contributed by atoms with Gasteiger partial charge in [-0.2, -0.15) is 13.2 Å². The first-order chi connectivity index (χ1) is 6.73. The molecule has 2 N–H and O–H groups in total. The Labute approximate surface area is 92.6 Å². The molecule has 0 heterocycles. The molecule has 0 saturated carbocycles. The zero-order chi connectivity index (χ0) is 11.8. The average molecular weight is 266 g/mol. The van der Waals surface area contributed by atoms with Crippen molar-refractivity contribution < 1.29 is 26.3 Å². The van der Waals surface area contributed by atoms with Gasteiger partial charge in [0.05, 0.1) is 0 Å². The van der Waals surface area contributed by atoms with Crippen LogP contribution in [0.2, 0.25) is 0 Å². The summed E-state index contributed by atoms with van der Waals surface area (Å²) in [5.41, 5.74) is 3.21. The third-order valence-electron chi connectivity index (χ3n) is 1.71. The Morgan fingerprint density at radius 3 is 1.69 bits per heavy atom. The van der Waals surface area contributed by atoms with E-state index in [4.69, 9.17) is 0 Å². The molecule has 0 aliphatic carbocycles. The van der Waals surface area contributed by atoms with Crippen LogP contribution in [0.4, 0.5) is 26.3 Å². The van der Waals surface area contributed by atoms with E-state index < -0.39 is 35.2 Å². The molecule has 0 aliphatic rings. The summed E-state index contributed by atoms with van der Waals surface area (Å²) in [5.74, 6) is -4.61. The highest BCUT2D eigenvalue weighted by atomic mass is 35.5. The van der Waals surface area contributed by atoms with Gasteiger partial charge in [0.1, 0.15) is 23.5 Å². The second kappa shape index (κ2) is 4.92. The van der Waals surface area contributed by atoms with Crippen LogP contribution in [0.5, 0.6) is 0 Å². The van der Waals surface area contributed by atoms with Crippen LogP contribution in [-0.4, -0.2) is 6.18 Å². The Morgan fingerprint density at radius 1 is 1.00 bits per heavy atom. The first kappa shape index (κ1) is 15.0. The molecule has 0 bridgehead atoms. The van der Waals surface area contributed by atoms with Gasteiger partial charge in [-0.1, -0.05) is 0 Å². The van der Waals surface area contributed by atoms with Crippen molar-refractivity contribution in [2.24, 2.45) is 5.73 Å². The zero-order valence-electron chi connectivity index (χ0n) is 7.49. The maximum absolute atomic E-state index is 12.8. The highest BCUT2D eigenvalue weighted by Crippen LogP contribution is 2.33. The Hall–Kier alpha value is -0.950. The molecular formula is C8H6ClF6N. The maximum atomic E-state index is 12.8. The van der Waals surface area contributed by atoms with E-state index in [1.165, 1.54) is 0 Å². The average Bonchev–Trinajstić information content (AvgIpc) is 1.99. The summed E-state index contributed by atoms with van der Waals surface area (Å²) in [6, 6.07) is -2.52. The van der Waals surface area contributed by atoms with Gasteiger partial charge in [0.15, 0.2) is 0 Å². The van der Waals surface area contributed by atoms with Gasteiger partial charge in [-0.15, -0.1) is 12.4 Å². The van der Waals surface area contributed by atoms with E-state index in [1.54, 1.807) is 0 Å². The van der Waals surface area contributed by atoms with Crippen molar-refractivity contribution >= 4 is 12.4 Å². The fourth-order valence-corrected chi connectivity index (χ4v) is 1.01. The molecule has 1 unspecified atom stereocenters. The van der Waals surface area contributed by atoms with Gasteiger partial charge >= 0.3 is 6.18 Å². The second-order valence-corrected chi connectivity index (χ2v) is 2.80. The number of hydrogen-bond donors (Lipinski definition) is 1. The van der Waals surface area contributed by atoms with Crippen molar-refractivity contribution in [3.63, 3.8) is 0 Å². The minimum absolute atomic E-state index is 0. The van der Waals surface area contributed by atoms with Gasteiger partial charge in [-0.05, 0) is 0 Å². The van der Waals surface area contributed by atoms with Gasteiger partial charge in [-0.25, -0.2) is 13.2 Å². The first-order valence-electron chi connectivity index (χ1n) is 3.70. The molecule has 1 atom stereocenters. The van der Waals surface area contributed by atoms with Crippen LogP contribution in [0.25, 0.3) is 0 Å². The molecular weight excluding hydrogens is 260 g/mol. The highest BCUT2D eigenvalue weighted by molar-refractivity contribution is 5.85. The number of halogens is 7. The molecule has 1 nitrogen and oxygen atoms in total. The third kappa shape index (κ3) is 3.02. The van der Waals surface area contributed by atoms with Crippen molar-refractivity contribution in [3.8, 4) is 0 Å². The second-order valence-electron chi connectivity index (χ2n) is 2.80. The Morgan fingerprint density at radius 2 is 1.38 bits per heavy atom. The summed E-state index contributed by atoms with van der Waals surface area (Å²) in [7, 11) is 0. The van der Waals surface area contributed by atoms with Gasteiger partial charge in [0, 0.05) is 17.7 Å². The lowest BCUT2D eigenvalue weighted by Crippen LogP contribution is -2.30. The Balaban J connectivity index is 0.00000225. The van der Waals surface area contributed by atoms with Crippen LogP contribution < -0.4 is 5.73 Å². The summed E-state index contributed by atoms with van der Waals surface area (Å²) >= 11 is 0. The molecule has 16 heavy (non-hydrogen) atoms. The number of nitrogens with two attached hydrogens (primary N) is 1. The van der Waals surface area contributed by atoms with E-state index >= 15 is 0 Å². The molecule has 0 radical (unpaired) electrons. The van der Waals surface area contributed by atoms with Crippen molar-refractivity contribution in [2.75, 3.05) is 0 Å². The Bertz CT molecular complexity index is 354. The van der Waals surface area contributed by atoms with Crippen LogP contribution in [0.15, 0.2) is 12.1 Å². The monoisotopic (exact) mass is 265 g/mol. The lowest BCUT2D eigenvalue weighted by Gasteiger charge is -2.17. The first-order valence-corrected chi connectivity index (χ1v) is 3.70. The minimum Gasteiger partial charge on any atom is -0.316 e. The molecule has 0 spiro atoms. The molecule has 0 amide bonds. The quantitative estimate of drug-likeness (QED) is 0.776. The summed E-state index contributed by atoms with van der Waals surface area (Å²) in [4.78, 5) is 0. The summed E-state index contributed by atoms with van der Waals surface area (Å²) in [5, 5.41) is 0. The SMILES string of the molecule is Cl.NC(c1c(F)cc(F)cc1F)C(F)(F)F. The molecule has 0 aromatic heterocycles. The van der Waals surface area contributed by atoms with Gasteiger partial charge in [0.2, 0.25) is 0 Å². The van der Waals surface area contributed by atoms with E-state index in [0.29, 0.717) is 0 Å². The van der Waals surface area contributed by atoms with Crippen LogP contribution in [0, 0.1) is 17.5 Å². The van der Waals surface area contributed by atoms with Gasteiger partial charge in [-0.3, -0.25) is 0 Å².